The maximum absolute atomic E-state index is 12.8. The number of carbonyl (C=O) groups excluding carboxylic acids is 3. The molecule has 4 amide bonds. The molecule has 0 unspecified atom stereocenters. The van der Waals surface area contributed by atoms with E-state index in [9.17, 15) is 14.4 Å². The number of imide groups is 2. The van der Waals surface area contributed by atoms with Gasteiger partial charge < -0.3 is 4.42 Å². The fourth-order valence-electron chi connectivity index (χ4n) is 2.87. The minimum Gasteiger partial charge on any atom is -0.457 e. The van der Waals surface area contributed by atoms with Gasteiger partial charge in [-0.05, 0) is 48.5 Å². The number of hydrogen-bond acceptors (Lipinski definition) is 4. The molecule has 0 atom stereocenters. The molecule has 1 aliphatic rings. The Morgan fingerprint density at radius 2 is 1.69 bits per heavy atom. The summed E-state index contributed by atoms with van der Waals surface area (Å²) in [6.45, 7) is 0. The van der Waals surface area contributed by atoms with Gasteiger partial charge in [0.1, 0.15) is 17.1 Å². The Morgan fingerprint density at radius 1 is 0.931 bits per heavy atom. The molecule has 4 rings (SSSR count). The average Bonchev–Trinajstić information content (AvgIpc) is 3.16. The van der Waals surface area contributed by atoms with Gasteiger partial charge in [-0.25, -0.2) is 9.69 Å². The van der Waals surface area contributed by atoms with Crippen LogP contribution in [0.25, 0.3) is 17.4 Å². The lowest BCUT2D eigenvalue weighted by molar-refractivity contribution is -0.122. The molecule has 0 aliphatic carbocycles. The molecule has 29 heavy (non-hydrogen) atoms. The van der Waals surface area contributed by atoms with Crippen LogP contribution in [0.1, 0.15) is 5.76 Å². The van der Waals surface area contributed by atoms with E-state index in [1.54, 1.807) is 60.7 Å². The minimum atomic E-state index is -0.811. The summed E-state index contributed by atoms with van der Waals surface area (Å²) in [7, 11) is 0. The van der Waals surface area contributed by atoms with Crippen molar-refractivity contribution in [3.63, 3.8) is 0 Å². The fraction of sp³-hybridized carbons (Fsp3) is 0. The van der Waals surface area contributed by atoms with E-state index >= 15 is 0 Å². The average molecular weight is 427 g/mol. The SMILES string of the molecule is O=C1NC(=O)N(c2ccccc2)C(=O)/C1=C/c1ccc(-c2cc(Cl)ccc2Cl)o1. The number of benzene rings is 2. The first-order valence-electron chi connectivity index (χ1n) is 8.46. The Morgan fingerprint density at radius 3 is 2.45 bits per heavy atom. The standard InChI is InChI=1S/C21H12Cl2N2O4/c22-12-6-8-17(23)15(10-12)18-9-7-14(29-18)11-16-19(26)24-21(28)25(20(16)27)13-4-2-1-3-5-13/h1-11H,(H,24,26,28)/b16-11+. The number of nitrogens with zero attached hydrogens (tertiary/aromatic N) is 1. The zero-order valence-corrected chi connectivity index (χ0v) is 16.2. The van der Waals surface area contributed by atoms with Crippen LogP contribution in [0.4, 0.5) is 10.5 Å². The number of hydrogen-bond donors (Lipinski definition) is 1. The van der Waals surface area contributed by atoms with Gasteiger partial charge in [0.05, 0.1) is 10.7 Å². The van der Waals surface area contributed by atoms with Crippen LogP contribution < -0.4 is 10.2 Å². The lowest BCUT2D eigenvalue weighted by Crippen LogP contribution is -2.54. The molecular weight excluding hydrogens is 415 g/mol. The Bertz CT molecular complexity index is 1170. The maximum atomic E-state index is 12.8. The Hall–Kier alpha value is -3.35. The molecule has 0 bridgehead atoms. The molecule has 2 aromatic carbocycles. The van der Waals surface area contributed by atoms with Crippen molar-refractivity contribution in [1.29, 1.82) is 0 Å². The highest BCUT2D eigenvalue weighted by atomic mass is 35.5. The summed E-state index contributed by atoms with van der Waals surface area (Å²) in [5.74, 6) is -0.879. The normalized spacial score (nSPS) is 15.7. The van der Waals surface area contributed by atoms with Gasteiger partial charge in [0.25, 0.3) is 11.8 Å². The summed E-state index contributed by atoms with van der Waals surface area (Å²) < 4.78 is 5.72. The van der Waals surface area contributed by atoms with Crippen LogP contribution in [0, 0.1) is 0 Å². The van der Waals surface area contributed by atoms with Gasteiger partial charge >= 0.3 is 6.03 Å². The molecule has 0 radical (unpaired) electrons. The first-order chi connectivity index (χ1) is 13.9. The zero-order valence-electron chi connectivity index (χ0n) is 14.7. The van der Waals surface area contributed by atoms with E-state index < -0.39 is 17.8 Å². The predicted octanol–water partition coefficient (Wildman–Crippen LogP) is 4.92. The molecule has 2 heterocycles. The first-order valence-corrected chi connectivity index (χ1v) is 9.21. The number of carbonyl (C=O) groups is 3. The molecule has 1 aliphatic heterocycles. The summed E-state index contributed by atoms with van der Waals surface area (Å²) in [5.41, 5.74) is 0.690. The van der Waals surface area contributed by atoms with Crippen molar-refractivity contribution in [1.82, 2.24) is 5.32 Å². The van der Waals surface area contributed by atoms with Crippen LogP contribution in [-0.4, -0.2) is 17.8 Å². The highest BCUT2D eigenvalue weighted by Gasteiger charge is 2.36. The number of para-hydroxylation sites is 1. The van der Waals surface area contributed by atoms with Gasteiger partial charge in [0.15, 0.2) is 0 Å². The number of nitrogens with one attached hydrogen (secondary N) is 1. The zero-order chi connectivity index (χ0) is 20.5. The summed E-state index contributed by atoms with van der Waals surface area (Å²) in [4.78, 5) is 38.1. The van der Waals surface area contributed by atoms with E-state index in [2.05, 4.69) is 5.32 Å². The van der Waals surface area contributed by atoms with E-state index in [0.29, 0.717) is 27.1 Å². The molecule has 0 saturated carbocycles. The Balaban J connectivity index is 1.69. The van der Waals surface area contributed by atoms with Crippen LogP contribution in [0.15, 0.2) is 70.7 Å². The third-order valence-electron chi connectivity index (χ3n) is 4.22. The second-order valence-corrected chi connectivity index (χ2v) is 6.96. The second kappa shape index (κ2) is 7.58. The number of furan rings is 1. The molecule has 1 fully saturated rings. The number of halogens is 2. The highest BCUT2D eigenvalue weighted by Crippen LogP contribution is 2.32. The van der Waals surface area contributed by atoms with Gasteiger partial charge in [0.2, 0.25) is 0 Å². The van der Waals surface area contributed by atoms with Crippen molar-refractivity contribution in [3.8, 4) is 11.3 Å². The molecular formula is C21H12Cl2N2O4. The number of barbiturate groups is 1. The number of rotatable bonds is 3. The summed E-state index contributed by atoms with van der Waals surface area (Å²) in [5, 5.41) is 3.09. The van der Waals surface area contributed by atoms with Crippen LogP contribution in [0.2, 0.25) is 10.0 Å². The number of urea groups is 1. The van der Waals surface area contributed by atoms with Crippen LogP contribution >= 0.6 is 23.2 Å². The molecule has 6 nitrogen and oxygen atoms in total. The smallest absolute Gasteiger partial charge is 0.335 e. The van der Waals surface area contributed by atoms with Crippen molar-refractivity contribution >= 4 is 52.8 Å². The molecule has 1 N–H and O–H groups in total. The quantitative estimate of drug-likeness (QED) is 0.476. The van der Waals surface area contributed by atoms with Crippen LogP contribution in [-0.2, 0) is 9.59 Å². The molecule has 144 valence electrons. The maximum Gasteiger partial charge on any atom is 0.335 e. The van der Waals surface area contributed by atoms with E-state index in [0.717, 1.165) is 4.90 Å². The summed E-state index contributed by atoms with van der Waals surface area (Å²) >= 11 is 12.2. The van der Waals surface area contributed by atoms with Crippen molar-refractivity contribution < 1.29 is 18.8 Å². The first kappa shape index (κ1) is 19.0. The number of amides is 4. The summed E-state index contributed by atoms with van der Waals surface area (Å²) in [6, 6.07) is 15.7. The lowest BCUT2D eigenvalue weighted by atomic mass is 10.1. The highest BCUT2D eigenvalue weighted by molar-refractivity contribution is 6.39. The largest absolute Gasteiger partial charge is 0.457 e. The molecule has 8 heteroatoms. The topological polar surface area (TPSA) is 79.6 Å². The van der Waals surface area contributed by atoms with Crippen LogP contribution in [0.3, 0.4) is 0 Å². The molecule has 0 spiro atoms. The third-order valence-corrected chi connectivity index (χ3v) is 4.79. The molecule has 1 saturated heterocycles. The van der Waals surface area contributed by atoms with Crippen molar-refractivity contribution in [3.05, 3.63) is 82.0 Å². The van der Waals surface area contributed by atoms with Gasteiger partial charge in [0, 0.05) is 10.6 Å². The van der Waals surface area contributed by atoms with Gasteiger partial charge in [-0.3, -0.25) is 14.9 Å². The summed E-state index contributed by atoms with van der Waals surface area (Å²) in [6.07, 6.45) is 1.28. The van der Waals surface area contributed by atoms with Gasteiger partial charge in [-0.15, -0.1) is 0 Å². The van der Waals surface area contributed by atoms with Crippen molar-refractivity contribution in [2.24, 2.45) is 0 Å². The Kier molecular flexibility index (Phi) is 4.96. The molecule has 3 aromatic rings. The number of anilines is 1. The predicted molar refractivity (Wildman–Crippen MR) is 110 cm³/mol. The van der Waals surface area contributed by atoms with E-state index in [4.69, 9.17) is 27.6 Å². The second-order valence-electron chi connectivity index (χ2n) is 6.12. The van der Waals surface area contributed by atoms with Gasteiger partial charge in [-0.1, -0.05) is 41.4 Å². The molecule has 1 aromatic heterocycles. The van der Waals surface area contributed by atoms with Crippen LogP contribution in [0.5, 0.6) is 0 Å². The van der Waals surface area contributed by atoms with Crippen molar-refractivity contribution in [2.45, 2.75) is 0 Å². The van der Waals surface area contributed by atoms with Crippen molar-refractivity contribution in [2.75, 3.05) is 4.90 Å². The monoisotopic (exact) mass is 426 g/mol. The van der Waals surface area contributed by atoms with E-state index in [-0.39, 0.29) is 11.3 Å². The van der Waals surface area contributed by atoms with Gasteiger partial charge in [-0.2, -0.15) is 0 Å². The minimum absolute atomic E-state index is 0.230. The fourth-order valence-corrected chi connectivity index (χ4v) is 3.26. The van der Waals surface area contributed by atoms with E-state index in [1.807, 2.05) is 0 Å². The lowest BCUT2D eigenvalue weighted by Gasteiger charge is -2.26. The third kappa shape index (κ3) is 3.68. The van der Waals surface area contributed by atoms with E-state index in [1.165, 1.54) is 6.08 Å². The Labute approximate surface area is 175 Å².